The highest BCUT2D eigenvalue weighted by atomic mass is 16.4. The summed E-state index contributed by atoms with van der Waals surface area (Å²) >= 11 is 0. The second kappa shape index (κ2) is 5.83. The predicted molar refractivity (Wildman–Crippen MR) is 92.3 cm³/mol. The van der Waals surface area contributed by atoms with Crippen LogP contribution in [0.3, 0.4) is 0 Å². The Kier molecular flexibility index (Phi) is 3.60. The molecule has 1 unspecified atom stereocenters. The lowest BCUT2D eigenvalue weighted by molar-refractivity contribution is -0.141. The van der Waals surface area contributed by atoms with Crippen molar-refractivity contribution in [1.29, 1.82) is 0 Å². The molecule has 10 heteroatoms. The van der Waals surface area contributed by atoms with E-state index in [1.165, 1.54) is 21.7 Å². The number of carboxylic acid groups (broad SMARTS) is 1. The number of fused-ring (bicyclic) bond motifs is 3. The Bertz CT molecular complexity index is 1090. The number of hydrogen-bond acceptors (Lipinski definition) is 7. The van der Waals surface area contributed by atoms with Gasteiger partial charge in [-0.05, 0) is 24.5 Å². The van der Waals surface area contributed by atoms with Crippen LogP contribution >= 0.6 is 0 Å². The SMILES string of the molecule is CC(C)CC(C(=O)O)n1ncc2c1nc(N)n1nc(-c3ccco3)nc21. The van der Waals surface area contributed by atoms with E-state index in [-0.39, 0.29) is 11.9 Å². The molecule has 0 fully saturated rings. The lowest BCUT2D eigenvalue weighted by Gasteiger charge is -2.15. The zero-order valence-corrected chi connectivity index (χ0v) is 14.2. The van der Waals surface area contributed by atoms with Crippen LogP contribution in [0.2, 0.25) is 0 Å². The third kappa shape index (κ3) is 2.46. The van der Waals surface area contributed by atoms with E-state index in [9.17, 15) is 9.90 Å². The molecule has 0 spiro atoms. The Morgan fingerprint density at radius 3 is 2.81 bits per heavy atom. The van der Waals surface area contributed by atoms with Crippen molar-refractivity contribution in [3.05, 3.63) is 24.6 Å². The number of hydrogen-bond donors (Lipinski definition) is 2. The standard InChI is InChI=1S/C16H17N7O3/c1-8(2)6-10(15(24)25)22-14-9(7-18-22)13-19-12(11-4-3-5-26-11)21-23(13)16(17)20-14/h3-5,7-8,10H,6H2,1-2H3,(H2,17,20)(H,24,25). The maximum absolute atomic E-state index is 11.7. The smallest absolute Gasteiger partial charge is 0.328 e. The highest BCUT2D eigenvalue weighted by Gasteiger charge is 2.26. The number of carbonyl (C=O) groups is 1. The first kappa shape index (κ1) is 16.1. The Morgan fingerprint density at radius 1 is 1.35 bits per heavy atom. The van der Waals surface area contributed by atoms with Crippen LogP contribution in [0.15, 0.2) is 29.0 Å². The summed E-state index contributed by atoms with van der Waals surface area (Å²) in [5.74, 6) is 0.155. The number of anilines is 1. The van der Waals surface area contributed by atoms with Gasteiger partial charge in [-0.3, -0.25) is 0 Å². The van der Waals surface area contributed by atoms with Gasteiger partial charge in [0.25, 0.3) is 0 Å². The molecule has 0 saturated heterocycles. The molecule has 4 aromatic heterocycles. The Balaban J connectivity index is 1.92. The quantitative estimate of drug-likeness (QED) is 0.554. The molecule has 0 amide bonds. The highest BCUT2D eigenvalue weighted by molar-refractivity contribution is 5.91. The van der Waals surface area contributed by atoms with E-state index in [4.69, 9.17) is 10.2 Å². The summed E-state index contributed by atoms with van der Waals surface area (Å²) in [6.45, 7) is 3.91. The van der Waals surface area contributed by atoms with Crippen LogP contribution < -0.4 is 5.73 Å². The van der Waals surface area contributed by atoms with Gasteiger partial charge in [0, 0.05) is 0 Å². The van der Waals surface area contributed by atoms with Crippen molar-refractivity contribution < 1.29 is 14.3 Å². The van der Waals surface area contributed by atoms with E-state index in [2.05, 4.69) is 20.2 Å². The van der Waals surface area contributed by atoms with Gasteiger partial charge < -0.3 is 15.3 Å². The normalized spacial score (nSPS) is 13.0. The summed E-state index contributed by atoms with van der Waals surface area (Å²) in [5.41, 5.74) is 6.83. The molecule has 0 aromatic carbocycles. The number of rotatable bonds is 5. The first-order valence-corrected chi connectivity index (χ1v) is 8.12. The van der Waals surface area contributed by atoms with Gasteiger partial charge in [0.05, 0.1) is 17.8 Å². The van der Waals surface area contributed by atoms with E-state index < -0.39 is 12.0 Å². The van der Waals surface area contributed by atoms with Gasteiger partial charge in [0.2, 0.25) is 11.8 Å². The van der Waals surface area contributed by atoms with Crippen LogP contribution in [-0.2, 0) is 4.79 Å². The number of carboxylic acids is 1. The molecule has 4 aromatic rings. The maximum Gasteiger partial charge on any atom is 0.328 e. The van der Waals surface area contributed by atoms with E-state index in [0.717, 1.165) is 0 Å². The summed E-state index contributed by atoms with van der Waals surface area (Å²) in [7, 11) is 0. The molecule has 10 nitrogen and oxygen atoms in total. The van der Waals surface area contributed by atoms with Crippen molar-refractivity contribution in [2.45, 2.75) is 26.3 Å². The van der Waals surface area contributed by atoms with Crippen LogP contribution in [0.25, 0.3) is 28.3 Å². The van der Waals surface area contributed by atoms with Crippen LogP contribution in [0.5, 0.6) is 0 Å². The molecule has 0 aliphatic heterocycles. The zero-order chi connectivity index (χ0) is 18.4. The molecule has 4 rings (SSSR count). The highest BCUT2D eigenvalue weighted by Crippen LogP contribution is 2.27. The molecule has 3 N–H and O–H groups in total. The van der Waals surface area contributed by atoms with Crippen molar-refractivity contribution in [1.82, 2.24) is 29.4 Å². The molecule has 134 valence electrons. The first-order chi connectivity index (χ1) is 12.5. The van der Waals surface area contributed by atoms with E-state index in [1.54, 1.807) is 12.1 Å². The number of nitrogens with zero attached hydrogens (tertiary/aromatic N) is 6. The summed E-state index contributed by atoms with van der Waals surface area (Å²) in [5, 5.41) is 18.7. The number of nitrogens with two attached hydrogens (primary N) is 1. The molecule has 0 aliphatic carbocycles. The molecule has 26 heavy (non-hydrogen) atoms. The lowest BCUT2D eigenvalue weighted by atomic mass is 10.0. The summed E-state index contributed by atoms with van der Waals surface area (Å²) < 4.78 is 8.10. The van der Waals surface area contributed by atoms with Crippen LogP contribution in [0.1, 0.15) is 26.3 Å². The molecule has 0 aliphatic rings. The third-order valence-electron chi connectivity index (χ3n) is 4.07. The van der Waals surface area contributed by atoms with Gasteiger partial charge in [-0.2, -0.15) is 14.6 Å². The van der Waals surface area contributed by atoms with Gasteiger partial charge in [-0.15, -0.1) is 5.10 Å². The monoisotopic (exact) mass is 355 g/mol. The van der Waals surface area contributed by atoms with Gasteiger partial charge in [-0.25, -0.2) is 14.5 Å². The maximum atomic E-state index is 11.7. The summed E-state index contributed by atoms with van der Waals surface area (Å²) in [6, 6.07) is 2.64. The van der Waals surface area contributed by atoms with Gasteiger partial charge >= 0.3 is 5.97 Å². The van der Waals surface area contributed by atoms with Crippen molar-refractivity contribution in [3.8, 4) is 11.6 Å². The molecule has 0 bridgehead atoms. The second-order valence-corrected chi connectivity index (χ2v) is 6.43. The van der Waals surface area contributed by atoms with Crippen molar-refractivity contribution in [2.75, 3.05) is 5.73 Å². The number of nitrogen functional groups attached to an aromatic ring is 1. The van der Waals surface area contributed by atoms with Crippen molar-refractivity contribution >= 4 is 28.6 Å². The summed E-state index contributed by atoms with van der Waals surface area (Å²) in [4.78, 5) is 20.5. The molecular weight excluding hydrogens is 338 g/mol. The average molecular weight is 355 g/mol. The summed E-state index contributed by atoms with van der Waals surface area (Å²) in [6.07, 6.45) is 3.48. The average Bonchev–Trinajstić information content (AvgIpc) is 3.30. The molecular formula is C16H17N7O3. The van der Waals surface area contributed by atoms with E-state index >= 15 is 0 Å². The van der Waals surface area contributed by atoms with Crippen LogP contribution in [0, 0.1) is 5.92 Å². The second-order valence-electron chi connectivity index (χ2n) is 6.43. The minimum atomic E-state index is -0.971. The third-order valence-corrected chi connectivity index (χ3v) is 4.07. The zero-order valence-electron chi connectivity index (χ0n) is 14.2. The number of aromatic nitrogens is 6. The lowest BCUT2D eigenvalue weighted by Crippen LogP contribution is -2.22. The largest absolute Gasteiger partial charge is 0.480 e. The fourth-order valence-corrected chi connectivity index (χ4v) is 2.92. The van der Waals surface area contributed by atoms with Crippen molar-refractivity contribution in [2.24, 2.45) is 5.92 Å². The molecule has 0 radical (unpaired) electrons. The topological polar surface area (TPSA) is 137 Å². The van der Waals surface area contributed by atoms with Gasteiger partial charge in [-0.1, -0.05) is 13.8 Å². The fraction of sp³-hybridized carbons (Fsp3) is 0.312. The Labute approximate surface area is 147 Å². The van der Waals surface area contributed by atoms with E-state index in [0.29, 0.717) is 34.7 Å². The minimum Gasteiger partial charge on any atom is -0.480 e. The molecule has 4 heterocycles. The Morgan fingerprint density at radius 2 is 2.15 bits per heavy atom. The Hall–Kier alpha value is -3.43. The van der Waals surface area contributed by atoms with Gasteiger partial charge in [0.1, 0.15) is 0 Å². The number of aliphatic carboxylic acids is 1. The number of furan rings is 1. The van der Waals surface area contributed by atoms with Crippen LogP contribution in [0.4, 0.5) is 5.95 Å². The van der Waals surface area contributed by atoms with Crippen LogP contribution in [-0.4, -0.2) is 40.4 Å². The molecule has 1 atom stereocenters. The van der Waals surface area contributed by atoms with Gasteiger partial charge in [0.15, 0.2) is 23.1 Å². The fourth-order valence-electron chi connectivity index (χ4n) is 2.92. The van der Waals surface area contributed by atoms with Crippen molar-refractivity contribution in [3.63, 3.8) is 0 Å². The minimum absolute atomic E-state index is 0.0910. The first-order valence-electron chi connectivity index (χ1n) is 8.12. The van der Waals surface area contributed by atoms with E-state index in [1.807, 2.05) is 13.8 Å². The molecule has 0 saturated carbocycles. The predicted octanol–water partition coefficient (Wildman–Crippen LogP) is 1.99.